The minimum absolute atomic E-state index is 0.0686. The number of ether oxygens (including phenoxy) is 1. The largest absolute Gasteiger partial charge is 0.381 e. The number of hydrogen-bond donors (Lipinski definition) is 1. The Kier molecular flexibility index (Phi) is 5.43. The van der Waals surface area contributed by atoms with Crippen molar-refractivity contribution in [2.75, 3.05) is 20.2 Å². The second-order valence-corrected chi connectivity index (χ2v) is 6.91. The van der Waals surface area contributed by atoms with Crippen LogP contribution in [-0.2, 0) is 9.53 Å². The molecule has 20 heavy (non-hydrogen) atoms. The summed E-state index contributed by atoms with van der Waals surface area (Å²) >= 11 is 7.41. The second kappa shape index (κ2) is 6.89. The maximum absolute atomic E-state index is 12.7. The van der Waals surface area contributed by atoms with Gasteiger partial charge in [-0.1, -0.05) is 11.6 Å². The molecule has 2 N–H and O–H groups in total. The topological polar surface area (TPSA) is 55.6 Å². The third-order valence-corrected chi connectivity index (χ3v) is 5.36. The Morgan fingerprint density at radius 2 is 2.40 bits per heavy atom. The average molecular weight is 317 g/mol. The Hall–Kier alpha value is -0.620. The van der Waals surface area contributed by atoms with Gasteiger partial charge in [-0.25, -0.2) is 0 Å². The maximum atomic E-state index is 12.7. The molecular weight excluding hydrogens is 296 g/mol. The Morgan fingerprint density at radius 1 is 1.65 bits per heavy atom. The second-order valence-electron chi connectivity index (χ2n) is 5.17. The van der Waals surface area contributed by atoms with Crippen LogP contribution in [0.25, 0.3) is 0 Å². The highest BCUT2D eigenvalue weighted by molar-refractivity contribution is 7.16. The van der Waals surface area contributed by atoms with Crippen molar-refractivity contribution in [3.8, 4) is 0 Å². The smallest absolute Gasteiger partial charge is 0.230 e. The van der Waals surface area contributed by atoms with Gasteiger partial charge < -0.3 is 15.4 Å². The number of nitrogens with zero attached hydrogens (tertiary/aromatic N) is 1. The summed E-state index contributed by atoms with van der Waals surface area (Å²) in [4.78, 5) is 15.6. The van der Waals surface area contributed by atoms with E-state index in [9.17, 15) is 4.79 Å². The minimum Gasteiger partial charge on any atom is -0.381 e. The molecule has 1 aromatic rings. The van der Waals surface area contributed by atoms with E-state index in [4.69, 9.17) is 22.1 Å². The molecule has 0 radical (unpaired) electrons. The zero-order chi connectivity index (χ0) is 14.7. The number of rotatable bonds is 4. The van der Waals surface area contributed by atoms with E-state index >= 15 is 0 Å². The van der Waals surface area contributed by atoms with E-state index in [1.165, 1.54) is 11.3 Å². The van der Waals surface area contributed by atoms with Gasteiger partial charge in [-0.15, -0.1) is 11.3 Å². The van der Waals surface area contributed by atoms with Crippen LogP contribution in [-0.4, -0.2) is 43.2 Å². The van der Waals surface area contributed by atoms with Gasteiger partial charge in [-0.3, -0.25) is 4.79 Å². The Labute approximate surface area is 128 Å². The molecule has 1 aliphatic heterocycles. The van der Waals surface area contributed by atoms with Crippen molar-refractivity contribution in [3.05, 3.63) is 21.3 Å². The molecule has 0 aliphatic carbocycles. The summed E-state index contributed by atoms with van der Waals surface area (Å²) < 4.78 is 6.11. The van der Waals surface area contributed by atoms with Gasteiger partial charge in [0, 0.05) is 31.1 Å². The zero-order valence-corrected chi connectivity index (χ0v) is 13.4. The van der Waals surface area contributed by atoms with Gasteiger partial charge in [0.2, 0.25) is 5.91 Å². The van der Waals surface area contributed by atoms with Crippen molar-refractivity contribution in [2.24, 2.45) is 5.73 Å². The van der Waals surface area contributed by atoms with Crippen molar-refractivity contribution >= 4 is 28.8 Å². The van der Waals surface area contributed by atoms with Gasteiger partial charge in [0.15, 0.2) is 0 Å². The Morgan fingerprint density at radius 3 is 2.95 bits per heavy atom. The number of amides is 1. The predicted molar refractivity (Wildman–Crippen MR) is 82.3 cm³/mol. The lowest BCUT2D eigenvalue weighted by molar-refractivity contribution is -0.138. The summed E-state index contributed by atoms with van der Waals surface area (Å²) in [6.45, 7) is 3.12. The average Bonchev–Trinajstić information content (AvgIpc) is 2.91. The molecular formula is C14H21ClN2O2S. The van der Waals surface area contributed by atoms with Crippen molar-refractivity contribution in [3.63, 3.8) is 0 Å². The molecule has 2 rings (SSSR count). The summed E-state index contributed by atoms with van der Waals surface area (Å²) in [6, 6.07) is 3.83. The first-order chi connectivity index (χ1) is 9.56. The molecule has 0 bridgehead atoms. The van der Waals surface area contributed by atoms with E-state index in [-0.39, 0.29) is 24.0 Å². The van der Waals surface area contributed by atoms with Gasteiger partial charge in [0.05, 0.1) is 16.4 Å². The maximum Gasteiger partial charge on any atom is 0.230 e. The minimum atomic E-state index is -0.166. The molecule has 2 heterocycles. The fourth-order valence-corrected chi connectivity index (χ4v) is 3.78. The molecule has 0 unspecified atom stereocenters. The third kappa shape index (κ3) is 3.34. The highest BCUT2D eigenvalue weighted by Gasteiger charge is 2.33. The van der Waals surface area contributed by atoms with Crippen LogP contribution in [0.15, 0.2) is 12.1 Å². The molecule has 1 aliphatic rings. The van der Waals surface area contributed by atoms with E-state index < -0.39 is 0 Å². The molecule has 112 valence electrons. The molecule has 1 saturated heterocycles. The first-order valence-corrected chi connectivity index (χ1v) is 8.04. The van der Waals surface area contributed by atoms with Crippen molar-refractivity contribution < 1.29 is 9.53 Å². The number of hydrogen-bond acceptors (Lipinski definition) is 4. The molecule has 1 aromatic heterocycles. The molecule has 0 spiro atoms. The SMILES string of the molecule is CO[C@@H]1CCN(C(=O)[C@@H](C)c2ccc(Cl)s2)[C@@H](CN)C1. The molecule has 0 saturated carbocycles. The van der Waals surface area contributed by atoms with Gasteiger partial charge in [0.1, 0.15) is 0 Å². The summed E-state index contributed by atoms with van der Waals surface area (Å²) in [5.41, 5.74) is 5.82. The number of thiophene rings is 1. The molecule has 3 atom stereocenters. The highest BCUT2D eigenvalue weighted by Crippen LogP contribution is 2.31. The number of nitrogens with two attached hydrogens (primary N) is 1. The molecule has 0 aromatic carbocycles. The standard InChI is InChI=1S/C14H21ClN2O2S/c1-9(12-3-4-13(15)20-12)14(18)17-6-5-11(19-2)7-10(17)8-16/h3-4,9-11H,5-8,16H2,1-2H3/t9-,10+,11+/m0/s1. The Bertz CT molecular complexity index is 466. The number of piperidine rings is 1. The zero-order valence-electron chi connectivity index (χ0n) is 11.8. The summed E-state index contributed by atoms with van der Waals surface area (Å²) in [6.07, 6.45) is 1.90. The Balaban J connectivity index is 2.07. The number of carbonyl (C=O) groups is 1. The lowest BCUT2D eigenvalue weighted by atomic mass is 9.97. The van der Waals surface area contributed by atoms with E-state index in [1.807, 2.05) is 24.0 Å². The van der Waals surface area contributed by atoms with Crippen molar-refractivity contribution in [1.29, 1.82) is 0 Å². The molecule has 1 fully saturated rings. The van der Waals surface area contributed by atoms with Crippen LogP contribution >= 0.6 is 22.9 Å². The summed E-state index contributed by atoms with van der Waals surface area (Å²) in [7, 11) is 1.71. The van der Waals surface area contributed by atoms with Gasteiger partial charge >= 0.3 is 0 Å². The van der Waals surface area contributed by atoms with Crippen LogP contribution in [0, 0.1) is 0 Å². The number of carbonyl (C=O) groups excluding carboxylic acids is 1. The lowest BCUT2D eigenvalue weighted by Crippen LogP contribution is -2.52. The normalized spacial score (nSPS) is 24.7. The van der Waals surface area contributed by atoms with Crippen LogP contribution in [0.1, 0.15) is 30.6 Å². The van der Waals surface area contributed by atoms with Crippen molar-refractivity contribution in [2.45, 2.75) is 37.8 Å². The summed E-state index contributed by atoms with van der Waals surface area (Å²) in [5.74, 6) is -0.0332. The fraction of sp³-hybridized carbons (Fsp3) is 0.643. The van der Waals surface area contributed by atoms with Gasteiger partial charge in [-0.05, 0) is 31.9 Å². The van der Waals surface area contributed by atoms with Crippen LogP contribution in [0.4, 0.5) is 0 Å². The fourth-order valence-electron chi connectivity index (χ4n) is 2.67. The van der Waals surface area contributed by atoms with E-state index in [0.29, 0.717) is 17.4 Å². The van der Waals surface area contributed by atoms with Gasteiger partial charge in [-0.2, -0.15) is 0 Å². The van der Waals surface area contributed by atoms with Crippen molar-refractivity contribution in [1.82, 2.24) is 4.90 Å². The molecule has 1 amide bonds. The van der Waals surface area contributed by atoms with Gasteiger partial charge in [0.25, 0.3) is 0 Å². The van der Waals surface area contributed by atoms with E-state index in [2.05, 4.69) is 0 Å². The number of methoxy groups -OCH3 is 1. The number of likely N-dealkylation sites (tertiary alicyclic amines) is 1. The van der Waals surface area contributed by atoms with Crippen LogP contribution in [0.5, 0.6) is 0 Å². The van der Waals surface area contributed by atoms with E-state index in [0.717, 1.165) is 17.7 Å². The summed E-state index contributed by atoms with van der Waals surface area (Å²) in [5, 5.41) is 0. The predicted octanol–water partition coefficient (Wildman–Crippen LogP) is 2.47. The molecule has 6 heteroatoms. The highest BCUT2D eigenvalue weighted by atomic mass is 35.5. The number of halogens is 1. The lowest BCUT2D eigenvalue weighted by Gasteiger charge is -2.39. The third-order valence-electron chi connectivity index (χ3n) is 3.95. The first kappa shape index (κ1) is 15.8. The van der Waals surface area contributed by atoms with Crippen LogP contribution in [0.3, 0.4) is 0 Å². The molecule has 4 nitrogen and oxygen atoms in total. The first-order valence-electron chi connectivity index (χ1n) is 6.85. The quantitative estimate of drug-likeness (QED) is 0.928. The monoisotopic (exact) mass is 316 g/mol. The van der Waals surface area contributed by atoms with E-state index in [1.54, 1.807) is 7.11 Å². The van der Waals surface area contributed by atoms with Crippen LogP contribution in [0.2, 0.25) is 4.34 Å². The van der Waals surface area contributed by atoms with Crippen LogP contribution < -0.4 is 5.73 Å².